The van der Waals surface area contributed by atoms with Crippen LogP contribution in [0.5, 0.6) is 5.75 Å². The second-order valence-corrected chi connectivity index (χ2v) is 6.57. The fraction of sp³-hybridized carbons (Fsp3) is 0.0909. The summed E-state index contributed by atoms with van der Waals surface area (Å²) in [7, 11) is 0. The lowest BCUT2D eigenvalue weighted by Crippen LogP contribution is -2.11. The highest BCUT2D eigenvalue weighted by Gasteiger charge is 2.14. The molecular formula is C22H18O3S. The molecule has 0 atom stereocenters. The first-order valence-corrected chi connectivity index (χ1v) is 9.04. The molecule has 130 valence electrons. The lowest BCUT2D eigenvalue weighted by Gasteiger charge is -2.09. The van der Waals surface area contributed by atoms with Gasteiger partial charge in [-0.25, -0.2) is 0 Å². The van der Waals surface area contributed by atoms with Crippen molar-refractivity contribution in [3.8, 4) is 5.75 Å². The SMILES string of the molecule is O=C(CC(=O)c1ccccc1)Cc1ccccc1OSc1ccccc1. The summed E-state index contributed by atoms with van der Waals surface area (Å²) in [6.45, 7) is 0. The minimum Gasteiger partial charge on any atom is -0.420 e. The van der Waals surface area contributed by atoms with E-state index in [4.69, 9.17) is 4.18 Å². The Morgan fingerprint density at radius 3 is 2.12 bits per heavy atom. The molecule has 0 saturated heterocycles. The molecular weight excluding hydrogens is 344 g/mol. The zero-order chi connectivity index (χ0) is 18.2. The molecule has 3 aromatic carbocycles. The van der Waals surface area contributed by atoms with E-state index in [0.717, 1.165) is 10.5 Å². The van der Waals surface area contributed by atoms with Gasteiger partial charge in [0.05, 0.1) is 18.5 Å². The van der Waals surface area contributed by atoms with Gasteiger partial charge < -0.3 is 4.18 Å². The number of carbonyl (C=O) groups is 2. The van der Waals surface area contributed by atoms with Gasteiger partial charge in [0.1, 0.15) is 11.5 Å². The van der Waals surface area contributed by atoms with Crippen molar-refractivity contribution in [3.63, 3.8) is 0 Å². The quantitative estimate of drug-likeness (QED) is 0.315. The Bertz CT molecular complexity index is 876. The maximum absolute atomic E-state index is 12.3. The number of para-hydroxylation sites is 1. The molecule has 0 heterocycles. The molecule has 4 heteroatoms. The molecule has 0 unspecified atom stereocenters. The van der Waals surface area contributed by atoms with Crippen molar-refractivity contribution in [3.05, 3.63) is 96.1 Å². The van der Waals surface area contributed by atoms with Crippen LogP contribution in [-0.2, 0) is 11.2 Å². The molecule has 3 nitrogen and oxygen atoms in total. The third-order valence-electron chi connectivity index (χ3n) is 3.78. The maximum atomic E-state index is 12.3. The number of benzene rings is 3. The highest BCUT2D eigenvalue weighted by atomic mass is 32.2. The zero-order valence-corrected chi connectivity index (χ0v) is 14.9. The number of ketones is 2. The summed E-state index contributed by atoms with van der Waals surface area (Å²) in [5.41, 5.74) is 1.34. The van der Waals surface area contributed by atoms with Crippen molar-refractivity contribution in [2.75, 3.05) is 0 Å². The molecule has 0 saturated carbocycles. The highest BCUT2D eigenvalue weighted by Crippen LogP contribution is 2.27. The van der Waals surface area contributed by atoms with Crippen LogP contribution in [0, 0.1) is 0 Å². The van der Waals surface area contributed by atoms with Crippen molar-refractivity contribution < 1.29 is 13.8 Å². The number of hydrogen-bond donors (Lipinski definition) is 0. The van der Waals surface area contributed by atoms with Crippen molar-refractivity contribution in [1.82, 2.24) is 0 Å². The Morgan fingerprint density at radius 2 is 1.38 bits per heavy atom. The smallest absolute Gasteiger partial charge is 0.170 e. The fourth-order valence-corrected chi connectivity index (χ4v) is 3.10. The number of Topliss-reactive ketones (excluding diaryl/α,β-unsaturated/α-hetero) is 2. The van der Waals surface area contributed by atoms with Gasteiger partial charge in [-0.05, 0) is 18.2 Å². The average Bonchev–Trinajstić information content (AvgIpc) is 2.68. The minimum atomic E-state index is -0.160. The summed E-state index contributed by atoms with van der Waals surface area (Å²) in [6, 6.07) is 26.0. The van der Waals surface area contributed by atoms with Crippen molar-refractivity contribution in [2.45, 2.75) is 17.7 Å². The van der Waals surface area contributed by atoms with Gasteiger partial charge in [0, 0.05) is 22.4 Å². The number of rotatable bonds is 8. The predicted octanol–water partition coefficient (Wildman–Crippen LogP) is 5.16. The second-order valence-electron chi connectivity index (χ2n) is 5.77. The Morgan fingerprint density at radius 1 is 0.769 bits per heavy atom. The molecule has 0 spiro atoms. The van der Waals surface area contributed by atoms with E-state index in [1.165, 1.54) is 12.0 Å². The van der Waals surface area contributed by atoms with Crippen molar-refractivity contribution >= 4 is 23.6 Å². The normalized spacial score (nSPS) is 10.3. The maximum Gasteiger partial charge on any atom is 0.170 e. The minimum absolute atomic E-state index is 0.107. The molecule has 0 aliphatic rings. The Hall–Kier alpha value is -2.85. The molecule has 3 rings (SSSR count). The van der Waals surface area contributed by atoms with E-state index >= 15 is 0 Å². The van der Waals surface area contributed by atoms with Gasteiger partial charge in [-0.3, -0.25) is 9.59 Å². The summed E-state index contributed by atoms with van der Waals surface area (Å²) in [6.07, 6.45) is 0.0638. The van der Waals surface area contributed by atoms with Gasteiger partial charge in [-0.1, -0.05) is 66.7 Å². The van der Waals surface area contributed by atoms with Crippen LogP contribution in [-0.4, -0.2) is 11.6 Å². The molecule has 3 aromatic rings. The third-order valence-corrected chi connectivity index (χ3v) is 4.51. The molecule has 0 N–H and O–H groups in total. The Kier molecular flexibility index (Phi) is 6.23. The van der Waals surface area contributed by atoms with Crippen LogP contribution in [0.3, 0.4) is 0 Å². The molecule has 0 bridgehead atoms. The van der Waals surface area contributed by atoms with Crippen molar-refractivity contribution in [1.29, 1.82) is 0 Å². The van der Waals surface area contributed by atoms with Crippen LogP contribution in [0.4, 0.5) is 0 Å². The Balaban J connectivity index is 1.62. The molecule has 0 fully saturated rings. The first-order valence-electron chi connectivity index (χ1n) is 8.30. The molecule has 0 aromatic heterocycles. The molecule has 0 radical (unpaired) electrons. The third kappa shape index (κ3) is 5.07. The lowest BCUT2D eigenvalue weighted by atomic mass is 10.0. The van der Waals surface area contributed by atoms with Gasteiger partial charge >= 0.3 is 0 Å². The predicted molar refractivity (Wildman–Crippen MR) is 103 cm³/mol. The van der Waals surface area contributed by atoms with E-state index in [1.54, 1.807) is 24.3 Å². The second kappa shape index (κ2) is 9.02. The van der Waals surface area contributed by atoms with Gasteiger partial charge in [-0.15, -0.1) is 0 Å². The number of carbonyl (C=O) groups excluding carboxylic acids is 2. The van der Waals surface area contributed by atoms with Gasteiger partial charge in [0.2, 0.25) is 0 Å². The van der Waals surface area contributed by atoms with Crippen LogP contribution in [0.1, 0.15) is 22.3 Å². The Labute approximate surface area is 157 Å². The highest BCUT2D eigenvalue weighted by molar-refractivity contribution is 7.95. The molecule has 0 aliphatic carbocycles. The molecule has 0 aliphatic heterocycles. The molecule has 26 heavy (non-hydrogen) atoms. The van der Waals surface area contributed by atoms with Crippen LogP contribution in [0.15, 0.2) is 89.8 Å². The summed E-state index contributed by atoms with van der Waals surface area (Å²) < 4.78 is 5.79. The zero-order valence-electron chi connectivity index (χ0n) is 14.1. The average molecular weight is 362 g/mol. The van der Waals surface area contributed by atoms with Gasteiger partial charge in [-0.2, -0.15) is 0 Å². The van der Waals surface area contributed by atoms with E-state index in [2.05, 4.69) is 0 Å². The standard InChI is InChI=1S/C22H18O3S/c23-19(16-21(24)17-9-3-1-4-10-17)15-18-11-7-8-14-22(18)25-26-20-12-5-2-6-13-20/h1-14H,15-16H2. The van der Waals surface area contributed by atoms with Crippen LogP contribution < -0.4 is 4.18 Å². The van der Waals surface area contributed by atoms with Crippen LogP contribution in [0.2, 0.25) is 0 Å². The first kappa shape index (κ1) is 18.0. The van der Waals surface area contributed by atoms with E-state index in [9.17, 15) is 9.59 Å². The van der Waals surface area contributed by atoms with Crippen molar-refractivity contribution in [2.24, 2.45) is 0 Å². The van der Waals surface area contributed by atoms with E-state index in [0.29, 0.717) is 11.3 Å². The fourth-order valence-electron chi connectivity index (χ4n) is 2.48. The number of hydrogen-bond acceptors (Lipinski definition) is 4. The largest absolute Gasteiger partial charge is 0.420 e. The van der Waals surface area contributed by atoms with E-state index in [1.807, 2.05) is 60.7 Å². The van der Waals surface area contributed by atoms with E-state index < -0.39 is 0 Å². The summed E-state index contributed by atoms with van der Waals surface area (Å²) in [4.78, 5) is 25.5. The van der Waals surface area contributed by atoms with Gasteiger partial charge in [0.15, 0.2) is 5.78 Å². The molecule has 0 amide bonds. The summed E-state index contributed by atoms with van der Waals surface area (Å²) >= 11 is 1.25. The summed E-state index contributed by atoms with van der Waals surface area (Å²) in [5, 5.41) is 0. The lowest BCUT2D eigenvalue weighted by molar-refractivity contribution is -0.117. The monoisotopic (exact) mass is 362 g/mol. The van der Waals surface area contributed by atoms with E-state index in [-0.39, 0.29) is 24.4 Å². The summed E-state index contributed by atoms with van der Waals surface area (Å²) in [5.74, 6) is 0.356. The first-order chi connectivity index (χ1) is 12.7. The topological polar surface area (TPSA) is 43.4 Å². The van der Waals surface area contributed by atoms with Gasteiger partial charge in [0.25, 0.3) is 0 Å². The van der Waals surface area contributed by atoms with Crippen LogP contribution >= 0.6 is 12.0 Å². The van der Waals surface area contributed by atoms with Crippen LogP contribution in [0.25, 0.3) is 0 Å².